The van der Waals surface area contributed by atoms with E-state index in [2.05, 4.69) is 0 Å². The summed E-state index contributed by atoms with van der Waals surface area (Å²) in [4.78, 5) is 28.6. The van der Waals surface area contributed by atoms with Crippen LogP contribution in [0.3, 0.4) is 0 Å². The van der Waals surface area contributed by atoms with Gasteiger partial charge in [0.2, 0.25) is 21.8 Å². The molecule has 0 N–H and O–H groups in total. The molecule has 0 saturated carbocycles. The quantitative estimate of drug-likeness (QED) is 0.748. The molecule has 2 heterocycles. The first-order chi connectivity index (χ1) is 13.2. The highest BCUT2D eigenvalue weighted by Gasteiger charge is 2.40. The van der Waals surface area contributed by atoms with Crippen LogP contribution in [0.25, 0.3) is 0 Å². The van der Waals surface area contributed by atoms with Gasteiger partial charge in [0.05, 0.1) is 10.8 Å². The van der Waals surface area contributed by atoms with E-state index >= 15 is 0 Å². The maximum Gasteiger partial charge on any atom is 0.244 e. The van der Waals surface area contributed by atoms with Crippen molar-refractivity contribution in [1.29, 1.82) is 0 Å². The Hall–Kier alpha value is -2.00. The summed E-state index contributed by atoms with van der Waals surface area (Å²) in [5.74, 6) is -1.23. The Morgan fingerprint density at radius 1 is 1.07 bits per heavy atom. The molecule has 2 aliphatic rings. The normalized spacial score (nSPS) is 23.6. The molecule has 0 bridgehead atoms. The van der Waals surface area contributed by atoms with Crippen LogP contribution in [0, 0.1) is 11.7 Å². The largest absolute Gasteiger partial charge is 0.347 e. The highest BCUT2D eigenvalue weighted by Crippen LogP contribution is 2.28. The van der Waals surface area contributed by atoms with Crippen LogP contribution < -0.4 is 0 Å². The van der Waals surface area contributed by atoms with Crippen molar-refractivity contribution in [1.82, 2.24) is 14.1 Å². The van der Waals surface area contributed by atoms with Gasteiger partial charge in [0, 0.05) is 33.7 Å². The molecule has 3 rings (SSSR count). The number of likely N-dealkylation sites (tertiary alicyclic amines) is 1. The zero-order valence-electron chi connectivity index (χ0n) is 16.2. The molecule has 0 spiro atoms. The van der Waals surface area contributed by atoms with Crippen LogP contribution in [-0.4, -0.2) is 74.1 Å². The third-order valence-electron chi connectivity index (χ3n) is 5.45. The lowest BCUT2D eigenvalue weighted by molar-refractivity contribution is -0.145. The van der Waals surface area contributed by atoms with Crippen molar-refractivity contribution in [3.8, 4) is 0 Å². The minimum absolute atomic E-state index is 0.0174. The molecule has 2 amide bonds. The van der Waals surface area contributed by atoms with Crippen molar-refractivity contribution in [2.45, 2.75) is 36.6 Å². The van der Waals surface area contributed by atoms with Crippen molar-refractivity contribution >= 4 is 21.8 Å². The van der Waals surface area contributed by atoms with Gasteiger partial charge in [-0.25, -0.2) is 12.8 Å². The number of carbonyl (C=O) groups excluding carboxylic acids is 2. The van der Waals surface area contributed by atoms with E-state index in [1.807, 2.05) is 0 Å². The van der Waals surface area contributed by atoms with Gasteiger partial charge in [0.25, 0.3) is 0 Å². The zero-order chi connectivity index (χ0) is 20.5. The summed E-state index contributed by atoms with van der Waals surface area (Å²) >= 11 is 0. The maximum atomic E-state index is 13.1. The number of amides is 2. The number of hydrogen-bond donors (Lipinski definition) is 0. The number of halogens is 1. The molecule has 1 aromatic rings. The molecule has 0 aromatic heterocycles. The Kier molecular flexibility index (Phi) is 6.04. The van der Waals surface area contributed by atoms with Gasteiger partial charge in [-0.2, -0.15) is 4.31 Å². The average molecular weight is 411 g/mol. The fraction of sp³-hybridized carbons (Fsp3) is 0.579. The number of sulfonamides is 1. The first-order valence-electron chi connectivity index (χ1n) is 9.49. The third-order valence-corrected chi connectivity index (χ3v) is 7.33. The molecule has 1 aromatic carbocycles. The van der Waals surface area contributed by atoms with E-state index in [9.17, 15) is 22.4 Å². The second-order valence-electron chi connectivity index (χ2n) is 7.58. The minimum Gasteiger partial charge on any atom is -0.347 e. The van der Waals surface area contributed by atoms with Gasteiger partial charge >= 0.3 is 0 Å². The topological polar surface area (TPSA) is 78.0 Å². The highest BCUT2D eigenvalue weighted by molar-refractivity contribution is 7.89. The van der Waals surface area contributed by atoms with Crippen LogP contribution in [-0.2, 0) is 19.6 Å². The van der Waals surface area contributed by atoms with Crippen LogP contribution in [0.1, 0.15) is 25.7 Å². The van der Waals surface area contributed by atoms with Gasteiger partial charge in [-0.15, -0.1) is 0 Å². The standard InChI is InChI=1S/C19H26FN3O4S/c1-21(2)19(25)17-6-4-12-23(17)18(24)14-5-3-11-22(13-14)28(26,27)16-9-7-15(20)8-10-16/h7-10,14,17H,3-6,11-13H2,1-2H3/t14-,17-/m1/s1. The Morgan fingerprint density at radius 2 is 1.71 bits per heavy atom. The Balaban J connectivity index is 1.75. The van der Waals surface area contributed by atoms with Crippen LogP contribution in [0.15, 0.2) is 29.2 Å². The first kappa shape index (κ1) is 20.7. The summed E-state index contributed by atoms with van der Waals surface area (Å²) in [5, 5.41) is 0. The molecule has 0 radical (unpaired) electrons. The number of piperidine rings is 1. The van der Waals surface area contributed by atoms with E-state index in [1.54, 1.807) is 19.0 Å². The molecular formula is C19H26FN3O4S. The SMILES string of the molecule is CN(C)C(=O)[C@H]1CCCN1C(=O)[C@@H]1CCCN(S(=O)(=O)c2ccc(F)cc2)C1. The molecule has 9 heteroatoms. The van der Waals surface area contributed by atoms with Crippen molar-refractivity contribution < 1.29 is 22.4 Å². The van der Waals surface area contributed by atoms with Crippen LogP contribution in [0.5, 0.6) is 0 Å². The smallest absolute Gasteiger partial charge is 0.244 e. The van der Waals surface area contributed by atoms with E-state index in [4.69, 9.17) is 0 Å². The number of carbonyl (C=O) groups is 2. The summed E-state index contributed by atoms with van der Waals surface area (Å²) in [6.07, 6.45) is 2.55. The molecular weight excluding hydrogens is 385 g/mol. The fourth-order valence-electron chi connectivity index (χ4n) is 3.94. The molecule has 0 aliphatic carbocycles. The van der Waals surface area contributed by atoms with Gasteiger partial charge in [0.15, 0.2) is 0 Å². The van der Waals surface area contributed by atoms with E-state index in [0.717, 1.165) is 18.6 Å². The lowest BCUT2D eigenvalue weighted by atomic mass is 9.97. The summed E-state index contributed by atoms with van der Waals surface area (Å²) in [6, 6.07) is 4.24. The third kappa shape index (κ3) is 4.05. The van der Waals surface area contributed by atoms with Crippen molar-refractivity contribution in [2.24, 2.45) is 5.92 Å². The van der Waals surface area contributed by atoms with E-state index < -0.39 is 27.8 Å². The van der Waals surface area contributed by atoms with Gasteiger partial charge in [-0.1, -0.05) is 0 Å². The Bertz CT molecular complexity index is 841. The van der Waals surface area contributed by atoms with Crippen LogP contribution in [0.2, 0.25) is 0 Å². The first-order valence-corrected chi connectivity index (χ1v) is 10.9. The molecule has 2 saturated heterocycles. The number of hydrogen-bond acceptors (Lipinski definition) is 4. The second-order valence-corrected chi connectivity index (χ2v) is 9.52. The summed E-state index contributed by atoms with van der Waals surface area (Å²) in [5.41, 5.74) is 0. The van der Waals surface area contributed by atoms with Gasteiger partial charge in [-0.05, 0) is 49.9 Å². The molecule has 2 atom stereocenters. The Labute approximate surface area is 165 Å². The van der Waals surface area contributed by atoms with Crippen molar-refractivity contribution in [3.05, 3.63) is 30.1 Å². The molecule has 2 fully saturated rings. The van der Waals surface area contributed by atoms with E-state index in [1.165, 1.54) is 21.3 Å². The predicted molar refractivity (Wildman–Crippen MR) is 101 cm³/mol. The number of benzene rings is 1. The monoisotopic (exact) mass is 411 g/mol. The number of rotatable bonds is 4. The number of likely N-dealkylation sites (N-methyl/N-ethyl adjacent to an activating group) is 1. The van der Waals surface area contributed by atoms with Crippen LogP contribution in [0.4, 0.5) is 4.39 Å². The zero-order valence-corrected chi connectivity index (χ0v) is 17.0. The minimum atomic E-state index is -3.79. The van der Waals surface area contributed by atoms with E-state index in [-0.39, 0.29) is 23.3 Å². The second kappa shape index (κ2) is 8.16. The molecule has 28 heavy (non-hydrogen) atoms. The lowest BCUT2D eigenvalue weighted by Crippen LogP contribution is -2.51. The molecule has 0 unspecified atom stereocenters. The fourth-order valence-corrected chi connectivity index (χ4v) is 5.46. The predicted octanol–water partition coefficient (Wildman–Crippen LogP) is 1.31. The number of nitrogens with zero attached hydrogens (tertiary/aromatic N) is 3. The van der Waals surface area contributed by atoms with Gasteiger partial charge in [-0.3, -0.25) is 9.59 Å². The average Bonchev–Trinajstić information content (AvgIpc) is 3.16. The molecule has 2 aliphatic heterocycles. The van der Waals surface area contributed by atoms with Gasteiger partial charge < -0.3 is 9.80 Å². The molecule has 154 valence electrons. The summed E-state index contributed by atoms with van der Waals surface area (Å²) in [6.45, 7) is 0.922. The summed E-state index contributed by atoms with van der Waals surface area (Å²) in [7, 11) is -0.456. The lowest BCUT2D eigenvalue weighted by Gasteiger charge is -2.35. The van der Waals surface area contributed by atoms with Crippen molar-refractivity contribution in [2.75, 3.05) is 33.7 Å². The van der Waals surface area contributed by atoms with Crippen LogP contribution >= 0.6 is 0 Å². The molecule has 7 nitrogen and oxygen atoms in total. The van der Waals surface area contributed by atoms with Crippen molar-refractivity contribution in [3.63, 3.8) is 0 Å². The van der Waals surface area contributed by atoms with E-state index in [0.29, 0.717) is 32.4 Å². The maximum absolute atomic E-state index is 13.1. The summed E-state index contributed by atoms with van der Waals surface area (Å²) < 4.78 is 40.2. The van der Waals surface area contributed by atoms with Gasteiger partial charge in [0.1, 0.15) is 11.9 Å². The highest BCUT2D eigenvalue weighted by atomic mass is 32.2. The Morgan fingerprint density at radius 3 is 2.36 bits per heavy atom.